The summed E-state index contributed by atoms with van der Waals surface area (Å²) < 4.78 is 7.05. The zero-order valence-electron chi connectivity index (χ0n) is 13.7. The molecule has 0 amide bonds. The lowest BCUT2D eigenvalue weighted by Crippen LogP contribution is -2.32. The van der Waals surface area contributed by atoms with Gasteiger partial charge in [0.05, 0.1) is 0 Å². The van der Waals surface area contributed by atoms with E-state index in [4.69, 9.17) is 4.74 Å². The Labute approximate surface area is 146 Å². The number of ether oxygens (including phenoxy) is 1. The Morgan fingerprint density at radius 3 is 2.38 bits per heavy atom. The number of hydrogen-bond acceptors (Lipinski definition) is 4. The van der Waals surface area contributed by atoms with Crippen LogP contribution < -0.4 is 0 Å². The van der Waals surface area contributed by atoms with Crippen molar-refractivity contribution < 1.29 is 9.84 Å². The van der Waals surface area contributed by atoms with Gasteiger partial charge in [0, 0.05) is 24.4 Å². The molecule has 2 aromatic carbocycles. The second-order valence-electron chi connectivity index (χ2n) is 5.44. The Hall–Kier alpha value is -2.08. The summed E-state index contributed by atoms with van der Waals surface area (Å²) in [6.45, 7) is 0.327. The van der Waals surface area contributed by atoms with Crippen molar-refractivity contribution >= 4 is 11.8 Å². The average molecular weight is 340 g/mol. The van der Waals surface area contributed by atoms with Gasteiger partial charge < -0.3 is 14.4 Å². The number of thioether (sulfide) groups is 1. The minimum Gasteiger partial charge on any atom is -0.373 e. The van der Waals surface area contributed by atoms with Crippen LogP contribution in [0.1, 0.15) is 17.0 Å². The van der Waals surface area contributed by atoms with Crippen LogP contribution in [-0.4, -0.2) is 28.0 Å². The number of benzene rings is 2. The molecule has 1 N–H and O–H groups in total. The SMILES string of the molecule is COCn1ccnc1[C@@](O)(c1ccccc1)c1ccc(SC)cc1. The predicted molar refractivity (Wildman–Crippen MR) is 96.0 cm³/mol. The molecule has 5 heteroatoms. The molecule has 1 aromatic heterocycles. The molecule has 0 saturated heterocycles. The molecule has 0 unspecified atom stereocenters. The van der Waals surface area contributed by atoms with Crippen molar-refractivity contribution in [1.82, 2.24) is 9.55 Å². The number of aromatic nitrogens is 2. The second-order valence-corrected chi connectivity index (χ2v) is 6.32. The van der Waals surface area contributed by atoms with Gasteiger partial charge in [-0.25, -0.2) is 4.98 Å². The summed E-state index contributed by atoms with van der Waals surface area (Å²) in [5.74, 6) is 0.535. The highest BCUT2D eigenvalue weighted by Crippen LogP contribution is 2.36. The molecule has 1 atom stereocenters. The molecule has 24 heavy (non-hydrogen) atoms. The Morgan fingerprint density at radius 1 is 1.08 bits per heavy atom. The largest absolute Gasteiger partial charge is 0.373 e. The Bertz CT molecular complexity index is 787. The molecule has 0 aliphatic carbocycles. The molecule has 0 aliphatic heterocycles. The maximum atomic E-state index is 11.7. The first-order valence-corrected chi connectivity index (χ1v) is 8.85. The number of nitrogens with zero attached hydrogens (tertiary/aromatic N) is 2. The van der Waals surface area contributed by atoms with Crippen LogP contribution in [0.4, 0.5) is 0 Å². The van der Waals surface area contributed by atoms with Crippen molar-refractivity contribution in [3.05, 3.63) is 83.9 Å². The van der Waals surface area contributed by atoms with Crippen molar-refractivity contribution in [1.29, 1.82) is 0 Å². The normalized spacial score (nSPS) is 13.6. The highest BCUT2D eigenvalue weighted by molar-refractivity contribution is 7.98. The van der Waals surface area contributed by atoms with Gasteiger partial charge in [-0.05, 0) is 29.5 Å². The second kappa shape index (κ2) is 7.21. The zero-order chi connectivity index (χ0) is 17.0. The first-order chi connectivity index (χ1) is 11.7. The van der Waals surface area contributed by atoms with Crippen LogP contribution in [0.15, 0.2) is 71.9 Å². The molecule has 0 bridgehead atoms. The summed E-state index contributed by atoms with van der Waals surface area (Å²) in [5.41, 5.74) is 0.195. The molecule has 3 rings (SSSR count). The van der Waals surface area contributed by atoms with E-state index in [9.17, 15) is 5.11 Å². The summed E-state index contributed by atoms with van der Waals surface area (Å²) in [4.78, 5) is 5.58. The summed E-state index contributed by atoms with van der Waals surface area (Å²) in [6, 6.07) is 17.5. The van der Waals surface area contributed by atoms with Gasteiger partial charge in [-0.15, -0.1) is 11.8 Å². The third-order valence-corrected chi connectivity index (χ3v) is 4.75. The van der Waals surface area contributed by atoms with Crippen molar-refractivity contribution in [2.75, 3.05) is 13.4 Å². The molecule has 0 radical (unpaired) electrons. The summed E-state index contributed by atoms with van der Waals surface area (Å²) in [5, 5.41) is 11.7. The molecule has 0 saturated carbocycles. The monoisotopic (exact) mass is 340 g/mol. The number of imidazole rings is 1. The first kappa shape index (κ1) is 16.8. The highest BCUT2D eigenvalue weighted by atomic mass is 32.2. The summed E-state index contributed by atoms with van der Waals surface area (Å²) >= 11 is 1.67. The van der Waals surface area contributed by atoms with Gasteiger partial charge in [0.2, 0.25) is 0 Å². The van der Waals surface area contributed by atoms with E-state index in [-0.39, 0.29) is 0 Å². The van der Waals surface area contributed by atoms with Crippen LogP contribution in [0.3, 0.4) is 0 Å². The van der Waals surface area contributed by atoms with E-state index in [2.05, 4.69) is 4.98 Å². The van der Waals surface area contributed by atoms with Crippen molar-refractivity contribution in [3.63, 3.8) is 0 Å². The van der Waals surface area contributed by atoms with Crippen LogP contribution in [0, 0.1) is 0 Å². The average Bonchev–Trinajstić information content (AvgIpc) is 3.11. The lowest BCUT2D eigenvalue weighted by Gasteiger charge is -2.29. The molecule has 0 aliphatic rings. The summed E-state index contributed by atoms with van der Waals surface area (Å²) in [7, 11) is 1.62. The molecule has 1 heterocycles. The first-order valence-electron chi connectivity index (χ1n) is 7.63. The fourth-order valence-corrected chi connectivity index (χ4v) is 3.22. The maximum Gasteiger partial charge on any atom is 0.173 e. The number of methoxy groups -OCH3 is 1. The van der Waals surface area contributed by atoms with Crippen LogP contribution >= 0.6 is 11.8 Å². The van der Waals surface area contributed by atoms with Crippen molar-refractivity contribution in [2.45, 2.75) is 17.2 Å². The van der Waals surface area contributed by atoms with Gasteiger partial charge in [-0.1, -0.05) is 42.5 Å². The lowest BCUT2D eigenvalue weighted by molar-refractivity contribution is 0.0845. The van der Waals surface area contributed by atoms with Crippen LogP contribution in [0.25, 0.3) is 0 Å². The fourth-order valence-electron chi connectivity index (χ4n) is 2.81. The number of hydrogen-bond donors (Lipinski definition) is 1. The number of rotatable bonds is 6. The zero-order valence-corrected chi connectivity index (χ0v) is 14.5. The molecule has 4 nitrogen and oxygen atoms in total. The quantitative estimate of drug-likeness (QED) is 0.698. The van der Waals surface area contributed by atoms with Crippen LogP contribution in [0.2, 0.25) is 0 Å². The van der Waals surface area contributed by atoms with E-state index >= 15 is 0 Å². The topological polar surface area (TPSA) is 47.3 Å². The van der Waals surface area contributed by atoms with E-state index in [0.717, 1.165) is 16.0 Å². The fraction of sp³-hybridized carbons (Fsp3) is 0.211. The van der Waals surface area contributed by atoms with Crippen molar-refractivity contribution in [2.24, 2.45) is 0 Å². The minimum absolute atomic E-state index is 0.327. The summed E-state index contributed by atoms with van der Waals surface area (Å²) in [6.07, 6.45) is 5.52. The smallest absolute Gasteiger partial charge is 0.173 e. The van der Waals surface area contributed by atoms with Gasteiger partial charge in [-0.3, -0.25) is 0 Å². The lowest BCUT2D eigenvalue weighted by atomic mass is 9.85. The molecule has 0 fully saturated rings. The minimum atomic E-state index is -1.35. The Balaban J connectivity index is 2.19. The van der Waals surface area contributed by atoms with E-state index in [0.29, 0.717) is 12.6 Å². The van der Waals surface area contributed by atoms with Gasteiger partial charge >= 0.3 is 0 Å². The van der Waals surface area contributed by atoms with E-state index in [1.54, 1.807) is 25.1 Å². The molecule has 124 valence electrons. The van der Waals surface area contributed by atoms with Crippen LogP contribution in [0.5, 0.6) is 0 Å². The third kappa shape index (κ3) is 2.98. The van der Waals surface area contributed by atoms with E-state index in [1.807, 2.05) is 71.6 Å². The number of aliphatic hydroxyl groups is 1. The Kier molecular flexibility index (Phi) is 5.04. The Morgan fingerprint density at radius 2 is 1.75 bits per heavy atom. The van der Waals surface area contributed by atoms with Gasteiger partial charge in [0.25, 0.3) is 0 Å². The van der Waals surface area contributed by atoms with E-state index < -0.39 is 5.60 Å². The standard InChI is InChI=1S/C19H20N2O2S/c1-23-14-21-13-12-20-18(21)19(22,15-6-4-3-5-7-15)16-8-10-17(24-2)11-9-16/h3-13,22H,14H2,1-2H3/t19-/m1/s1. The van der Waals surface area contributed by atoms with Gasteiger partial charge in [0.15, 0.2) is 11.4 Å². The van der Waals surface area contributed by atoms with Gasteiger partial charge in [-0.2, -0.15) is 0 Å². The molecule has 3 aromatic rings. The molecular formula is C19H20N2O2S. The van der Waals surface area contributed by atoms with Crippen LogP contribution in [-0.2, 0) is 17.1 Å². The highest BCUT2D eigenvalue weighted by Gasteiger charge is 2.37. The third-order valence-electron chi connectivity index (χ3n) is 4.01. The predicted octanol–water partition coefficient (Wildman–Crippen LogP) is 3.49. The molecule has 0 spiro atoms. The van der Waals surface area contributed by atoms with Crippen molar-refractivity contribution in [3.8, 4) is 0 Å². The van der Waals surface area contributed by atoms with Gasteiger partial charge in [0.1, 0.15) is 6.73 Å². The molecular weight excluding hydrogens is 320 g/mol. The van der Waals surface area contributed by atoms with E-state index in [1.165, 1.54) is 0 Å². The maximum absolute atomic E-state index is 11.7.